The van der Waals surface area contributed by atoms with Gasteiger partial charge in [-0.25, -0.2) is 0 Å². The molecular weight excluding hydrogens is 171 g/mol. The van der Waals surface area contributed by atoms with E-state index in [-0.39, 0.29) is 19.9 Å². The van der Waals surface area contributed by atoms with Crippen LogP contribution < -0.4 is 0 Å². The maximum atomic E-state index is 8.87. The monoisotopic (exact) mass is 190 g/mol. The first-order valence-corrected chi connectivity index (χ1v) is 4.64. The van der Waals surface area contributed by atoms with Gasteiger partial charge in [0.1, 0.15) is 0 Å². The van der Waals surface area contributed by atoms with Gasteiger partial charge in [0.2, 0.25) is 0 Å². The summed E-state index contributed by atoms with van der Waals surface area (Å²) in [6.45, 7) is 4.45. The lowest BCUT2D eigenvalue weighted by Crippen LogP contribution is -2.13. The molecule has 0 radical (unpaired) electrons. The largest absolute Gasteiger partial charge is 0.438 e. The topological polar surface area (TPSA) is 58.9 Å². The molecule has 13 heavy (non-hydrogen) atoms. The Labute approximate surface area is 80.2 Å². The van der Waals surface area contributed by atoms with Gasteiger partial charge in [-0.3, -0.25) is 0 Å². The fraction of sp³-hybridized carbons (Fsp3) is 1.00. The van der Waals surface area contributed by atoms with Crippen LogP contribution in [0.2, 0.25) is 0 Å². The van der Waals surface area contributed by atoms with Crippen molar-refractivity contribution in [1.82, 2.24) is 0 Å². The number of rotatable bonds is 8. The number of hydrogen-bond donors (Lipinski definition) is 2. The summed E-state index contributed by atoms with van der Waals surface area (Å²) in [6, 6.07) is 0. The van der Waals surface area contributed by atoms with Crippen molar-refractivity contribution in [1.29, 1.82) is 0 Å². The van der Waals surface area contributed by atoms with E-state index in [2.05, 4.69) is 0 Å². The van der Waals surface area contributed by atoms with Gasteiger partial charge in [0.05, 0.1) is 12.2 Å². The van der Waals surface area contributed by atoms with E-state index in [9.17, 15) is 0 Å². The molecule has 5 heteroatoms. The summed E-state index contributed by atoms with van der Waals surface area (Å²) in [4.78, 5) is 0. The molecule has 0 aliphatic carbocycles. The zero-order valence-electron chi connectivity index (χ0n) is 8.40. The van der Waals surface area contributed by atoms with Crippen LogP contribution in [-0.2, 0) is 9.31 Å². The summed E-state index contributed by atoms with van der Waals surface area (Å²) in [5.74, 6) is 0. The molecular formula is C8H19BO4. The molecule has 0 saturated heterocycles. The highest BCUT2D eigenvalue weighted by molar-refractivity contribution is 6.17. The molecule has 0 aliphatic rings. The minimum Gasteiger partial charge on any atom is -0.414 e. The summed E-state index contributed by atoms with van der Waals surface area (Å²) in [7, 11) is 0.236. The molecule has 2 atom stereocenters. The van der Waals surface area contributed by atoms with E-state index in [0.29, 0.717) is 26.1 Å². The first kappa shape index (κ1) is 12.9. The number of hydrogen-bond acceptors (Lipinski definition) is 4. The Morgan fingerprint density at radius 1 is 1.00 bits per heavy atom. The molecule has 2 unspecified atom stereocenters. The van der Waals surface area contributed by atoms with Crippen molar-refractivity contribution < 1.29 is 19.5 Å². The van der Waals surface area contributed by atoms with Crippen molar-refractivity contribution in [2.75, 3.05) is 13.2 Å². The van der Waals surface area contributed by atoms with Crippen LogP contribution in [0, 0.1) is 0 Å². The van der Waals surface area contributed by atoms with Gasteiger partial charge in [-0.2, -0.15) is 0 Å². The van der Waals surface area contributed by atoms with Gasteiger partial charge in [-0.15, -0.1) is 0 Å². The average molecular weight is 190 g/mol. The lowest BCUT2D eigenvalue weighted by molar-refractivity contribution is 0.129. The van der Waals surface area contributed by atoms with Crippen LogP contribution in [0.5, 0.6) is 0 Å². The fourth-order valence-corrected chi connectivity index (χ4v) is 0.685. The average Bonchev–Trinajstić information content (AvgIpc) is 2.01. The molecule has 0 heterocycles. The first-order chi connectivity index (χ1) is 6.13. The maximum Gasteiger partial charge on any atom is 0.438 e. The van der Waals surface area contributed by atoms with E-state index >= 15 is 0 Å². The van der Waals surface area contributed by atoms with E-state index in [1.165, 1.54) is 0 Å². The molecule has 0 bridgehead atoms. The molecule has 0 fully saturated rings. The van der Waals surface area contributed by atoms with Crippen LogP contribution in [0.25, 0.3) is 0 Å². The van der Waals surface area contributed by atoms with E-state index in [4.69, 9.17) is 19.5 Å². The second-order valence-corrected chi connectivity index (χ2v) is 3.21. The summed E-state index contributed by atoms with van der Waals surface area (Å²) >= 11 is 0. The van der Waals surface area contributed by atoms with Crippen molar-refractivity contribution in [2.24, 2.45) is 0 Å². The van der Waals surface area contributed by atoms with Crippen LogP contribution in [0.1, 0.15) is 26.7 Å². The molecule has 0 rings (SSSR count). The molecule has 0 aromatic heterocycles. The van der Waals surface area contributed by atoms with E-state index in [1.54, 1.807) is 13.8 Å². The van der Waals surface area contributed by atoms with E-state index < -0.39 is 0 Å². The first-order valence-electron chi connectivity index (χ1n) is 4.64. The van der Waals surface area contributed by atoms with Crippen molar-refractivity contribution in [3.05, 3.63) is 0 Å². The Morgan fingerprint density at radius 3 is 1.69 bits per heavy atom. The second-order valence-electron chi connectivity index (χ2n) is 3.21. The molecule has 0 aliphatic heterocycles. The summed E-state index contributed by atoms with van der Waals surface area (Å²) in [5, 5.41) is 17.7. The van der Waals surface area contributed by atoms with Gasteiger partial charge in [-0.05, 0) is 26.7 Å². The molecule has 4 nitrogen and oxygen atoms in total. The Bertz CT molecular complexity index is 96.3. The SMILES string of the molecule is CC(O)CCOBOCCC(C)O. The Balaban J connectivity index is 2.92. The highest BCUT2D eigenvalue weighted by atomic mass is 16.6. The van der Waals surface area contributed by atoms with Gasteiger partial charge in [0.15, 0.2) is 0 Å². The van der Waals surface area contributed by atoms with Crippen molar-refractivity contribution >= 4 is 7.69 Å². The normalized spacial score (nSPS) is 15.4. The molecule has 78 valence electrons. The minimum absolute atomic E-state index is 0.236. The molecule has 0 aromatic rings. The van der Waals surface area contributed by atoms with E-state index in [0.717, 1.165) is 0 Å². The zero-order chi connectivity index (χ0) is 10.1. The zero-order valence-corrected chi connectivity index (χ0v) is 8.40. The predicted octanol–water partition coefficient (Wildman–Crippen LogP) is -0.172. The van der Waals surface area contributed by atoms with Gasteiger partial charge in [-0.1, -0.05) is 0 Å². The Morgan fingerprint density at radius 2 is 1.38 bits per heavy atom. The number of aliphatic hydroxyl groups is 2. The molecule has 0 spiro atoms. The predicted molar refractivity (Wildman–Crippen MR) is 51.6 cm³/mol. The van der Waals surface area contributed by atoms with Gasteiger partial charge in [0.25, 0.3) is 0 Å². The Kier molecular flexibility index (Phi) is 8.44. The summed E-state index contributed by atoms with van der Waals surface area (Å²) < 4.78 is 10.1. The highest BCUT2D eigenvalue weighted by Gasteiger charge is 1.98. The quantitative estimate of drug-likeness (QED) is 0.412. The Hall–Kier alpha value is -0.0951. The molecule has 0 amide bonds. The minimum atomic E-state index is -0.322. The lowest BCUT2D eigenvalue weighted by atomic mass is 10.3. The smallest absolute Gasteiger partial charge is 0.414 e. The summed E-state index contributed by atoms with van der Waals surface area (Å²) in [6.07, 6.45) is 0.606. The van der Waals surface area contributed by atoms with Crippen molar-refractivity contribution in [3.63, 3.8) is 0 Å². The van der Waals surface area contributed by atoms with Crippen LogP contribution in [0.4, 0.5) is 0 Å². The van der Waals surface area contributed by atoms with Crippen molar-refractivity contribution in [2.45, 2.75) is 38.9 Å². The second kappa shape index (κ2) is 8.50. The van der Waals surface area contributed by atoms with Gasteiger partial charge in [0, 0.05) is 13.2 Å². The van der Waals surface area contributed by atoms with Crippen LogP contribution in [-0.4, -0.2) is 43.3 Å². The molecule has 2 N–H and O–H groups in total. The third kappa shape index (κ3) is 11.9. The third-order valence-electron chi connectivity index (χ3n) is 1.53. The van der Waals surface area contributed by atoms with Crippen LogP contribution >= 0.6 is 0 Å². The van der Waals surface area contributed by atoms with Crippen molar-refractivity contribution in [3.8, 4) is 0 Å². The van der Waals surface area contributed by atoms with Gasteiger partial charge < -0.3 is 19.5 Å². The lowest BCUT2D eigenvalue weighted by Gasteiger charge is -2.06. The number of aliphatic hydroxyl groups excluding tert-OH is 2. The standard InChI is InChI=1S/C8H19BO4/c1-7(10)3-5-12-9-13-6-4-8(2)11/h7-11H,3-6H2,1-2H3. The van der Waals surface area contributed by atoms with Crippen LogP contribution in [0.15, 0.2) is 0 Å². The highest BCUT2D eigenvalue weighted by Crippen LogP contribution is 1.91. The molecule has 0 saturated carbocycles. The summed E-state index contributed by atoms with van der Waals surface area (Å²) in [5.41, 5.74) is 0. The molecule has 0 aromatic carbocycles. The third-order valence-corrected chi connectivity index (χ3v) is 1.53. The van der Waals surface area contributed by atoms with Crippen LogP contribution in [0.3, 0.4) is 0 Å². The maximum absolute atomic E-state index is 8.87. The van der Waals surface area contributed by atoms with Gasteiger partial charge >= 0.3 is 7.69 Å². The fourth-order valence-electron chi connectivity index (χ4n) is 0.685. The van der Waals surface area contributed by atoms with E-state index in [1.807, 2.05) is 0 Å².